The number of carbonyl (C=O) groups excluding carboxylic acids is 1. The molecule has 29 heavy (non-hydrogen) atoms. The van der Waals surface area contributed by atoms with Gasteiger partial charge in [-0.05, 0) is 62.1 Å². The Hall–Kier alpha value is -2.69. The van der Waals surface area contributed by atoms with Gasteiger partial charge < -0.3 is 19.5 Å². The van der Waals surface area contributed by atoms with Crippen LogP contribution in [0.3, 0.4) is 0 Å². The minimum absolute atomic E-state index is 0.0761. The number of benzene rings is 2. The minimum Gasteiger partial charge on any atom is -0.494 e. The van der Waals surface area contributed by atoms with Gasteiger partial charge in [-0.1, -0.05) is 31.0 Å². The Balaban J connectivity index is 1.54. The molecule has 0 spiro atoms. The molecule has 0 aromatic heterocycles. The van der Waals surface area contributed by atoms with Crippen molar-refractivity contribution in [1.82, 2.24) is 5.32 Å². The van der Waals surface area contributed by atoms with Crippen LogP contribution in [0.15, 0.2) is 42.5 Å². The zero-order chi connectivity index (χ0) is 20.3. The van der Waals surface area contributed by atoms with E-state index in [4.69, 9.17) is 14.2 Å². The number of hydrogen-bond acceptors (Lipinski definition) is 4. The summed E-state index contributed by atoms with van der Waals surface area (Å²) in [5.41, 5.74) is 1.59. The lowest BCUT2D eigenvalue weighted by Gasteiger charge is -2.31. The maximum absolute atomic E-state index is 13.5. The molecule has 154 valence electrons. The molecule has 0 radical (unpaired) electrons. The van der Waals surface area contributed by atoms with Gasteiger partial charge in [-0.2, -0.15) is 0 Å². The highest BCUT2D eigenvalue weighted by Gasteiger charge is 2.43. The Kier molecular flexibility index (Phi) is 5.65. The van der Waals surface area contributed by atoms with Gasteiger partial charge in [-0.25, -0.2) is 0 Å². The predicted molar refractivity (Wildman–Crippen MR) is 112 cm³/mol. The molecule has 1 amide bonds. The van der Waals surface area contributed by atoms with Gasteiger partial charge in [0.15, 0.2) is 11.5 Å². The van der Waals surface area contributed by atoms with Crippen molar-refractivity contribution in [3.05, 3.63) is 53.6 Å². The molecular formula is C24H29NO4. The number of fused-ring (bicyclic) bond motifs is 1. The molecule has 1 aliphatic heterocycles. The highest BCUT2D eigenvalue weighted by molar-refractivity contribution is 5.89. The van der Waals surface area contributed by atoms with Crippen LogP contribution in [0, 0.1) is 0 Å². The maximum atomic E-state index is 13.5. The summed E-state index contributed by atoms with van der Waals surface area (Å²) in [6.07, 6.45) is 3.82. The van der Waals surface area contributed by atoms with Crippen LogP contribution in [-0.2, 0) is 10.2 Å². The molecule has 1 unspecified atom stereocenters. The molecule has 5 heteroatoms. The van der Waals surface area contributed by atoms with Gasteiger partial charge in [0.25, 0.3) is 0 Å². The first-order valence-electron chi connectivity index (χ1n) is 10.6. The highest BCUT2D eigenvalue weighted by Crippen LogP contribution is 2.44. The number of amides is 1. The maximum Gasteiger partial charge on any atom is 0.231 e. The Labute approximate surface area is 172 Å². The van der Waals surface area contributed by atoms with E-state index in [1.807, 2.05) is 56.3 Å². The monoisotopic (exact) mass is 395 g/mol. The fourth-order valence-electron chi connectivity index (χ4n) is 4.40. The van der Waals surface area contributed by atoms with Gasteiger partial charge >= 0.3 is 0 Å². The summed E-state index contributed by atoms with van der Waals surface area (Å²) in [5, 5.41) is 3.26. The quantitative estimate of drug-likeness (QED) is 0.780. The van der Waals surface area contributed by atoms with Gasteiger partial charge in [0.2, 0.25) is 5.91 Å². The van der Waals surface area contributed by atoms with Crippen LogP contribution in [0.4, 0.5) is 0 Å². The van der Waals surface area contributed by atoms with Crippen LogP contribution in [0.25, 0.3) is 0 Å². The summed E-state index contributed by atoms with van der Waals surface area (Å²) in [6, 6.07) is 13.8. The smallest absolute Gasteiger partial charge is 0.231 e. The lowest BCUT2D eigenvalue weighted by atomic mass is 9.77. The van der Waals surface area contributed by atoms with E-state index in [-0.39, 0.29) is 11.9 Å². The SMILES string of the molecule is CCOc1ccc(C(C)NC(=O)C2(c3ccc4c(c3)OCCO4)CCCC2)cc1. The van der Waals surface area contributed by atoms with Gasteiger partial charge in [-0.15, -0.1) is 0 Å². The predicted octanol–water partition coefficient (Wildman–Crippen LogP) is 4.55. The molecular weight excluding hydrogens is 366 g/mol. The Morgan fingerprint density at radius 3 is 2.45 bits per heavy atom. The molecule has 1 N–H and O–H groups in total. The van der Waals surface area contributed by atoms with Crippen molar-refractivity contribution in [2.45, 2.75) is 51.0 Å². The standard InChI is InChI=1S/C24H29NO4/c1-3-27-20-9-6-18(7-10-20)17(2)25-23(26)24(12-4-5-13-24)19-8-11-21-22(16-19)29-15-14-28-21/h6-11,16-17H,3-5,12-15H2,1-2H3,(H,25,26). The van der Waals surface area contributed by atoms with Crippen molar-refractivity contribution in [2.24, 2.45) is 0 Å². The number of hydrogen-bond donors (Lipinski definition) is 1. The highest BCUT2D eigenvalue weighted by atomic mass is 16.6. The third-order valence-corrected chi connectivity index (χ3v) is 6.03. The largest absolute Gasteiger partial charge is 0.494 e. The normalized spacial score (nSPS) is 18.1. The van der Waals surface area contributed by atoms with Gasteiger partial charge in [0.05, 0.1) is 18.1 Å². The van der Waals surface area contributed by atoms with Crippen LogP contribution in [0.5, 0.6) is 17.2 Å². The second kappa shape index (κ2) is 8.36. The molecule has 1 heterocycles. The number of carbonyl (C=O) groups is 1. The number of rotatable bonds is 6. The molecule has 1 aliphatic carbocycles. The lowest BCUT2D eigenvalue weighted by Crippen LogP contribution is -2.43. The van der Waals surface area contributed by atoms with E-state index in [1.54, 1.807) is 0 Å². The summed E-state index contributed by atoms with van der Waals surface area (Å²) >= 11 is 0. The van der Waals surface area contributed by atoms with Crippen LogP contribution < -0.4 is 19.5 Å². The van der Waals surface area contributed by atoms with Crippen molar-refractivity contribution in [2.75, 3.05) is 19.8 Å². The van der Waals surface area contributed by atoms with Crippen LogP contribution in [0.2, 0.25) is 0 Å². The Bertz CT molecular complexity index is 856. The third kappa shape index (κ3) is 3.91. The van der Waals surface area contributed by atoms with Gasteiger partial charge in [-0.3, -0.25) is 4.79 Å². The van der Waals surface area contributed by atoms with E-state index >= 15 is 0 Å². The zero-order valence-electron chi connectivity index (χ0n) is 17.2. The molecule has 1 atom stereocenters. The van der Waals surface area contributed by atoms with E-state index in [2.05, 4.69) is 5.32 Å². The van der Waals surface area contributed by atoms with Crippen LogP contribution >= 0.6 is 0 Å². The van der Waals surface area contributed by atoms with E-state index in [0.717, 1.165) is 54.1 Å². The molecule has 5 nitrogen and oxygen atoms in total. The van der Waals surface area contributed by atoms with E-state index in [0.29, 0.717) is 19.8 Å². The first-order chi connectivity index (χ1) is 14.1. The van der Waals surface area contributed by atoms with Gasteiger partial charge in [0, 0.05) is 0 Å². The van der Waals surface area contributed by atoms with Crippen molar-refractivity contribution >= 4 is 5.91 Å². The molecule has 1 saturated carbocycles. The van der Waals surface area contributed by atoms with E-state index in [9.17, 15) is 4.79 Å². The summed E-state index contributed by atoms with van der Waals surface area (Å²) in [5.74, 6) is 2.44. The molecule has 0 saturated heterocycles. The van der Waals surface area contributed by atoms with Crippen molar-refractivity contribution in [3.8, 4) is 17.2 Å². The molecule has 1 fully saturated rings. The van der Waals surface area contributed by atoms with Gasteiger partial charge in [0.1, 0.15) is 19.0 Å². The van der Waals surface area contributed by atoms with Crippen LogP contribution in [0.1, 0.15) is 56.7 Å². The zero-order valence-corrected chi connectivity index (χ0v) is 17.2. The summed E-state index contributed by atoms with van der Waals surface area (Å²) in [4.78, 5) is 13.5. The average Bonchev–Trinajstić information content (AvgIpc) is 3.25. The average molecular weight is 395 g/mol. The van der Waals surface area contributed by atoms with Crippen molar-refractivity contribution in [3.63, 3.8) is 0 Å². The molecule has 2 aromatic carbocycles. The number of ether oxygens (including phenoxy) is 3. The Morgan fingerprint density at radius 2 is 1.76 bits per heavy atom. The fraction of sp³-hybridized carbons (Fsp3) is 0.458. The van der Waals surface area contributed by atoms with E-state index < -0.39 is 5.41 Å². The third-order valence-electron chi connectivity index (χ3n) is 6.03. The molecule has 4 rings (SSSR count). The first kappa shape index (κ1) is 19.6. The topological polar surface area (TPSA) is 56.8 Å². The Morgan fingerprint density at radius 1 is 1.07 bits per heavy atom. The fourth-order valence-corrected chi connectivity index (χ4v) is 4.40. The summed E-state index contributed by atoms with van der Waals surface area (Å²) in [7, 11) is 0. The first-order valence-corrected chi connectivity index (χ1v) is 10.6. The molecule has 2 aliphatic rings. The van der Waals surface area contributed by atoms with Crippen LogP contribution in [-0.4, -0.2) is 25.7 Å². The lowest BCUT2D eigenvalue weighted by molar-refractivity contribution is -0.127. The molecule has 2 aromatic rings. The summed E-state index contributed by atoms with van der Waals surface area (Å²) < 4.78 is 16.9. The minimum atomic E-state index is -0.505. The van der Waals surface area contributed by atoms with E-state index in [1.165, 1.54) is 0 Å². The second-order valence-corrected chi connectivity index (χ2v) is 7.84. The van der Waals surface area contributed by atoms with Crippen molar-refractivity contribution < 1.29 is 19.0 Å². The summed E-state index contributed by atoms with van der Waals surface area (Å²) in [6.45, 7) is 5.75. The molecule has 0 bridgehead atoms. The van der Waals surface area contributed by atoms with Crippen molar-refractivity contribution in [1.29, 1.82) is 0 Å². The second-order valence-electron chi connectivity index (χ2n) is 7.84. The number of nitrogens with one attached hydrogen (secondary N) is 1.